The van der Waals surface area contributed by atoms with E-state index in [1.165, 1.54) is 0 Å². The Hall–Kier alpha value is -2.28. The third-order valence-electron chi connectivity index (χ3n) is 4.21. The number of nitrogens with one attached hydrogen (secondary N) is 2. The van der Waals surface area contributed by atoms with Crippen LogP contribution in [0, 0.1) is 0 Å². The first kappa shape index (κ1) is 15.6. The van der Waals surface area contributed by atoms with Gasteiger partial charge in [-0.2, -0.15) is 0 Å². The average Bonchev–Trinajstić information content (AvgIpc) is 3.19. The van der Waals surface area contributed by atoms with Crippen LogP contribution in [-0.2, 0) is 16.1 Å². The van der Waals surface area contributed by atoms with E-state index >= 15 is 0 Å². The third-order valence-corrected chi connectivity index (χ3v) is 4.21. The van der Waals surface area contributed by atoms with E-state index in [1.807, 2.05) is 0 Å². The van der Waals surface area contributed by atoms with Crippen LogP contribution in [0.25, 0.3) is 0 Å². The number of carbonyl (C=O) groups is 2. The first-order valence-corrected chi connectivity index (χ1v) is 7.73. The zero-order chi connectivity index (χ0) is 16.3. The Morgan fingerprint density at radius 3 is 2.57 bits per heavy atom. The summed E-state index contributed by atoms with van der Waals surface area (Å²) in [6.07, 6.45) is 3.21. The Bertz CT molecular complexity index is 610. The zero-order valence-corrected chi connectivity index (χ0v) is 12.8. The summed E-state index contributed by atoms with van der Waals surface area (Å²) < 4.78 is 10.5. The molecule has 1 heterocycles. The van der Waals surface area contributed by atoms with Gasteiger partial charge in [0.1, 0.15) is 0 Å². The van der Waals surface area contributed by atoms with Crippen molar-refractivity contribution in [3.05, 3.63) is 23.8 Å². The van der Waals surface area contributed by atoms with Crippen molar-refractivity contribution in [2.24, 2.45) is 0 Å². The molecular formula is C16H20N2O5. The summed E-state index contributed by atoms with van der Waals surface area (Å²) in [5.74, 6) is -0.150. The summed E-state index contributed by atoms with van der Waals surface area (Å²) in [7, 11) is 0. The second-order valence-electron chi connectivity index (χ2n) is 5.98. The topological polar surface area (TPSA) is 96.9 Å². The molecule has 0 spiro atoms. The average molecular weight is 320 g/mol. The fraction of sp³-hybridized carbons (Fsp3) is 0.500. The molecule has 1 saturated carbocycles. The molecule has 7 heteroatoms. The van der Waals surface area contributed by atoms with Crippen molar-refractivity contribution in [2.45, 2.75) is 37.8 Å². The lowest BCUT2D eigenvalue weighted by molar-refractivity contribution is -0.139. The van der Waals surface area contributed by atoms with Gasteiger partial charge in [-0.3, -0.25) is 9.59 Å². The zero-order valence-electron chi connectivity index (χ0n) is 12.8. The molecule has 0 radical (unpaired) electrons. The predicted octanol–water partition coefficient (Wildman–Crippen LogP) is 0.453. The van der Waals surface area contributed by atoms with E-state index in [0.29, 0.717) is 24.3 Å². The molecule has 1 aliphatic carbocycles. The number of fused-ring (bicyclic) bond motifs is 1. The van der Waals surface area contributed by atoms with Crippen LogP contribution >= 0.6 is 0 Å². The molecule has 3 rings (SSSR count). The Morgan fingerprint density at radius 2 is 1.78 bits per heavy atom. The molecular weight excluding hydrogens is 300 g/mol. The van der Waals surface area contributed by atoms with Gasteiger partial charge in [0.05, 0.1) is 5.60 Å². The molecule has 0 saturated heterocycles. The minimum atomic E-state index is -0.868. The van der Waals surface area contributed by atoms with Gasteiger partial charge in [-0.05, 0) is 30.5 Å². The van der Waals surface area contributed by atoms with Crippen LogP contribution in [0.5, 0.6) is 11.5 Å². The quantitative estimate of drug-likeness (QED) is 0.700. The van der Waals surface area contributed by atoms with E-state index in [0.717, 1.165) is 18.4 Å². The van der Waals surface area contributed by atoms with Crippen molar-refractivity contribution in [3.63, 3.8) is 0 Å². The first-order chi connectivity index (χ1) is 11.1. The fourth-order valence-corrected chi connectivity index (χ4v) is 2.85. The van der Waals surface area contributed by atoms with Crippen molar-refractivity contribution >= 4 is 11.8 Å². The fourth-order valence-electron chi connectivity index (χ4n) is 2.85. The largest absolute Gasteiger partial charge is 0.454 e. The van der Waals surface area contributed by atoms with Gasteiger partial charge in [-0.25, -0.2) is 0 Å². The minimum absolute atomic E-state index is 0.114. The highest BCUT2D eigenvalue weighted by atomic mass is 16.7. The number of rotatable bonds is 4. The lowest BCUT2D eigenvalue weighted by Gasteiger charge is -2.22. The van der Waals surface area contributed by atoms with Crippen molar-refractivity contribution in [3.8, 4) is 11.5 Å². The summed E-state index contributed by atoms with van der Waals surface area (Å²) in [5, 5.41) is 15.2. The maximum Gasteiger partial charge on any atom is 0.309 e. The highest BCUT2D eigenvalue weighted by molar-refractivity contribution is 6.35. The van der Waals surface area contributed by atoms with Gasteiger partial charge in [0.15, 0.2) is 11.5 Å². The van der Waals surface area contributed by atoms with Crippen LogP contribution in [0.2, 0.25) is 0 Å². The smallest absolute Gasteiger partial charge is 0.309 e. The minimum Gasteiger partial charge on any atom is -0.454 e. The summed E-state index contributed by atoms with van der Waals surface area (Å²) in [4.78, 5) is 23.6. The van der Waals surface area contributed by atoms with Crippen molar-refractivity contribution < 1.29 is 24.2 Å². The number of hydrogen-bond acceptors (Lipinski definition) is 5. The number of hydrogen-bond donors (Lipinski definition) is 3. The second kappa shape index (κ2) is 6.45. The number of benzene rings is 1. The molecule has 1 aromatic carbocycles. The lowest BCUT2D eigenvalue weighted by Crippen LogP contribution is -2.46. The SMILES string of the molecule is O=C(NCc1ccc2c(c1)OCO2)C(=O)NCC1(O)CCCC1. The van der Waals surface area contributed by atoms with E-state index in [1.54, 1.807) is 18.2 Å². The van der Waals surface area contributed by atoms with Crippen LogP contribution in [0.3, 0.4) is 0 Å². The van der Waals surface area contributed by atoms with E-state index in [-0.39, 0.29) is 19.9 Å². The van der Waals surface area contributed by atoms with Crippen molar-refractivity contribution in [1.29, 1.82) is 0 Å². The maximum atomic E-state index is 11.8. The standard InChI is InChI=1S/C16H20N2O5/c19-14(15(20)18-9-16(21)5-1-2-6-16)17-8-11-3-4-12-13(7-11)23-10-22-12/h3-4,7,21H,1-2,5-6,8-10H2,(H,17,19)(H,18,20). The molecule has 0 unspecified atom stereocenters. The van der Waals surface area contributed by atoms with E-state index < -0.39 is 17.4 Å². The summed E-state index contributed by atoms with van der Waals surface area (Å²) >= 11 is 0. The van der Waals surface area contributed by atoms with Gasteiger partial charge in [0.25, 0.3) is 0 Å². The first-order valence-electron chi connectivity index (χ1n) is 7.73. The molecule has 23 heavy (non-hydrogen) atoms. The van der Waals surface area contributed by atoms with Crippen LogP contribution in [0.1, 0.15) is 31.2 Å². The highest BCUT2D eigenvalue weighted by Crippen LogP contribution is 2.32. The summed E-state index contributed by atoms with van der Waals surface area (Å²) in [6.45, 7) is 0.521. The van der Waals surface area contributed by atoms with E-state index in [9.17, 15) is 14.7 Å². The van der Waals surface area contributed by atoms with Gasteiger partial charge >= 0.3 is 11.8 Å². The Labute approximate surface area is 134 Å². The van der Waals surface area contributed by atoms with Crippen molar-refractivity contribution in [2.75, 3.05) is 13.3 Å². The van der Waals surface area contributed by atoms with Crippen LogP contribution in [0.15, 0.2) is 18.2 Å². The number of aliphatic hydroxyl groups is 1. The Morgan fingerprint density at radius 1 is 1.09 bits per heavy atom. The van der Waals surface area contributed by atoms with E-state index in [2.05, 4.69) is 10.6 Å². The molecule has 0 aromatic heterocycles. The van der Waals surface area contributed by atoms with Gasteiger partial charge in [-0.1, -0.05) is 18.9 Å². The number of carbonyl (C=O) groups excluding carboxylic acids is 2. The normalized spacial score (nSPS) is 17.8. The molecule has 0 bridgehead atoms. The van der Waals surface area contributed by atoms with Crippen LogP contribution in [0.4, 0.5) is 0 Å². The van der Waals surface area contributed by atoms with Crippen molar-refractivity contribution in [1.82, 2.24) is 10.6 Å². The molecule has 2 aliphatic rings. The monoisotopic (exact) mass is 320 g/mol. The number of ether oxygens (including phenoxy) is 2. The molecule has 2 amide bonds. The van der Waals surface area contributed by atoms with Gasteiger partial charge < -0.3 is 25.2 Å². The van der Waals surface area contributed by atoms with E-state index in [4.69, 9.17) is 9.47 Å². The molecule has 0 atom stereocenters. The predicted molar refractivity (Wildman–Crippen MR) is 80.8 cm³/mol. The highest BCUT2D eigenvalue weighted by Gasteiger charge is 2.32. The van der Waals surface area contributed by atoms with Gasteiger partial charge in [-0.15, -0.1) is 0 Å². The number of amides is 2. The van der Waals surface area contributed by atoms with Gasteiger partial charge in [0.2, 0.25) is 6.79 Å². The molecule has 7 nitrogen and oxygen atoms in total. The summed E-state index contributed by atoms with van der Waals surface area (Å²) in [5.41, 5.74) is -0.0578. The Kier molecular flexibility index (Phi) is 4.38. The van der Waals surface area contributed by atoms with Gasteiger partial charge in [0, 0.05) is 13.1 Å². The molecule has 1 aliphatic heterocycles. The molecule has 1 fully saturated rings. The maximum absolute atomic E-state index is 11.8. The van der Waals surface area contributed by atoms with Crippen LogP contribution in [-0.4, -0.2) is 35.9 Å². The van der Waals surface area contributed by atoms with Crippen LogP contribution < -0.4 is 20.1 Å². The third kappa shape index (κ3) is 3.73. The second-order valence-corrected chi connectivity index (χ2v) is 5.98. The molecule has 3 N–H and O–H groups in total. The molecule has 1 aromatic rings. The lowest BCUT2D eigenvalue weighted by atomic mass is 10.0. The summed E-state index contributed by atoms with van der Waals surface area (Å²) in [6, 6.07) is 5.33. The Balaban J connectivity index is 1.46. The molecule has 124 valence electrons.